The molecule has 2 saturated carbocycles. The van der Waals surface area contributed by atoms with Crippen molar-refractivity contribution < 1.29 is 14.7 Å². The minimum atomic E-state index is -0.798. The molecule has 0 aromatic rings. The van der Waals surface area contributed by atoms with Crippen LogP contribution in [-0.2, 0) is 4.79 Å². The summed E-state index contributed by atoms with van der Waals surface area (Å²) in [7, 11) is 0. The summed E-state index contributed by atoms with van der Waals surface area (Å²) in [6.07, 6.45) is 5.20. The van der Waals surface area contributed by atoms with E-state index in [2.05, 4.69) is 5.32 Å². The first kappa shape index (κ1) is 14.6. The largest absolute Gasteiger partial charge is 0.480 e. The topological polar surface area (TPSA) is 72.9 Å². The molecule has 1 aliphatic heterocycles. The van der Waals surface area contributed by atoms with Gasteiger partial charge in [0, 0.05) is 32.7 Å². The van der Waals surface area contributed by atoms with Crippen molar-refractivity contribution in [3.63, 3.8) is 0 Å². The number of hydrogen-bond acceptors (Lipinski definition) is 3. The van der Waals surface area contributed by atoms with E-state index in [4.69, 9.17) is 5.11 Å². The maximum atomic E-state index is 12.2. The maximum Gasteiger partial charge on any atom is 0.320 e. The Morgan fingerprint density at radius 2 is 1.86 bits per heavy atom. The van der Waals surface area contributed by atoms with Crippen molar-refractivity contribution in [3.05, 3.63) is 0 Å². The van der Waals surface area contributed by atoms with E-state index in [-0.39, 0.29) is 6.03 Å². The van der Waals surface area contributed by atoms with Crippen molar-refractivity contribution in [2.45, 2.75) is 38.6 Å². The van der Waals surface area contributed by atoms with Crippen molar-refractivity contribution in [3.8, 4) is 0 Å². The lowest BCUT2D eigenvalue weighted by Gasteiger charge is -2.36. The molecule has 21 heavy (non-hydrogen) atoms. The highest BCUT2D eigenvalue weighted by Gasteiger charge is 2.53. The maximum absolute atomic E-state index is 12.2. The third kappa shape index (κ3) is 3.15. The molecule has 3 aliphatic rings. The molecule has 0 radical (unpaired) electrons. The summed E-state index contributed by atoms with van der Waals surface area (Å²) < 4.78 is 0. The molecular weight excluding hydrogens is 270 g/mol. The molecule has 1 heterocycles. The van der Waals surface area contributed by atoms with E-state index in [0.717, 1.165) is 12.5 Å². The molecule has 3 rings (SSSR count). The number of rotatable bonds is 5. The van der Waals surface area contributed by atoms with Gasteiger partial charge in [-0.15, -0.1) is 0 Å². The molecule has 1 unspecified atom stereocenters. The van der Waals surface area contributed by atoms with Crippen molar-refractivity contribution in [1.29, 1.82) is 0 Å². The van der Waals surface area contributed by atoms with Crippen LogP contribution >= 0.6 is 0 Å². The van der Waals surface area contributed by atoms with Crippen LogP contribution in [0, 0.1) is 11.3 Å². The molecule has 6 nitrogen and oxygen atoms in total. The number of carbonyl (C=O) groups excluding carboxylic acids is 1. The first-order chi connectivity index (χ1) is 10.0. The summed E-state index contributed by atoms with van der Waals surface area (Å²) in [4.78, 5) is 26.9. The molecule has 118 valence electrons. The molecule has 2 aliphatic carbocycles. The highest BCUT2D eigenvalue weighted by molar-refractivity contribution is 5.75. The molecule has 3 fully saturated rings. The Hall–Kier alpha value is -1.30. The van der Waals surface area contributed by atoms with Gasteiger partial charge in [-0.1, -0.05) is 0 Å². The zero-order valence-corrected chi connectivity index (χ0v) is 12.7. The Morgan fingerprint density at radius 1 is 1.24 bits per heavy atom. The monoisotopic (exact) mass is 295 g/mol. The second-order valence-electron chi connectivity index (χ2n) is 6.83. The van der Waals surface area contributed by atoms with Crippen LogP contribution in [0.15, 0.2) is 0 Å². The minimum Gasteiger partial charge on any atom is -0.480 e. The lowest BCUT2D eigenvalue weighted by atomic mass is 10.0. The number of urea groups is 1. The summed E-state index contributed by atoms with van der Waals surface area (Å²) in [5.74, 6) is 0.0547. The molecule has 1 saturated heterocycles. The number of aliphatic carboxylic acids is 1. The molecule has 6 heteroatoms. The zero-order valence-electron chi connectivity index (χ0n) is 12.7. The average Bonchev–Trinajstić information content (AvgIpc) is 3.37. The lowest BCUT2D eigenvalue weighted by Crippen LogP contribution is -2.55. The van der Waals surface area contributed by atoms with Crippen LogP contribution in [0.2, 0.25) is 0 Å². The first-order valence-corrected chi connectivity index (χ1v) is 8.01. The molecule has 1 atom stereocenters. The van der Waals surface area contributed by atoms with Gasteiger partial charge in [-0.3, -0.25) is 9.69 Å². The van der Waals surface area contributed by atoms with E-state index in [1.165, 1.54) is 25.7 Å². The van der Waals surface area contributed by atoms with Gasteiger partial charge in [0.1, 0.15) is 6.04 Å². The molecule has 0 aromatic carbocycles. The van der Waals surface area contributed by atoms with Crippen LogP contribution < -0.4 is 5.32 Å². The SMILES string of the molecule is CC(C(=O)O)N1CCN(C(=O)NCC2(C3CC3)CC2)CC1. The molecular formula is C15H25N3O3. The molecule has 0 bridgehead atoms. The third-order valence-corrected chi connectivity index (χ3v) is 5.43. The van der Waals surface area contributed by atoms with E-state index < -0.39 is 12.0 Å². The van der Waals surface area contributed by atoms with Crippen molar-refractivity contribution in [2.75, 3.05) is 32.7 Å². The Balaban J connectivity index is 1.41. The molecule has 0 spiro atoms. The van der Waals surface area contributed by atoms with E-state index in [1.54, 1.807) is 6.92 Å². The van der Waals surface area contributed by atoms with Crippen molar-refractivity contribution >= 4 is 12.0 Å². The lowest BCUT2D eigenvalue weighted by molar-refractivity contribution is -0.143. The van der Waals surface area contributed by atoms with Gasteiger partial charge >= 0.3 is 12.0 Å². The Labute approximate surface area is 125 Å². The normalized spacial score (nSPS) is 26.2. The van der Waals surface area contributed by atoms with Crippen LogP contribution in [0.25, 0.3) is 0 Å². The Morgan fingerprint density at radius 3 is 2.33 bits per heavy atom. The van der Waals surface area contributed by atoms with Crippen LogP contribution in [-0.4, -0.2) is 65.7 Å². The van der Waals surface area contributed by atoms with Crippen LogP contribution in [0.4, 0.5) is 4.79 Å². The number of hydrogen-bond donors (Lipinski definition) is 2. The first-order valence-electron chi connectivity index (χ1n) is 8.01. The fourth-order valence-corrected chi connectivity index (χ4v) is 3.42. The smallest absolute Gasteiger partial charge is 0.320 e. The van der Waals surface area contributed by atoms with Gasteiger partial charge in [-0.25, -0.2) is 4.79 Å². The van der Waals surface area contributed by atoms with Crippen LogP contribution in [0.1, 0.15) is 32.6 Å². The van der Waals surface area contributed by atoms with E-state index >= 15 is 0 Å². The van der Waals surface area contributed by atoms with Crippen molar-refractivity contribution in [2.24, 2.45) is 11.3 Å². The number of nitrogens with one attached hydrogen (secondary N) is 1. The summed E-state index contributed by atoms with van der Waals surface area (Å²) in [6, 6.07) is -0.454. The molecule has 2 N–H and O–H groups in total. The number of carboxylic acids is 1. The fraction of sp³-hybridized carbons (Fsp3) is 0.867. The predicted octanol–water partition coefficient (Wildman–Crippen LogP) is 0.977. The Bertz CT molecular complexity index is 424. The predicted molar refractivity (Wildman–Crippen MR) is 78.0 cm³/mol. The van der Waals surface area contributed by atoms with E-state index in [0.29, 0.717) is 31.6 Å². The number of amides is 2. The standard InChI is InChI=1S/C15H25N3O3/c1-11(13(19)20)17-6-8-18(9-7-17)14(21)16-10-15(4-5-15)12-2-3-12/h11-12H,2-10H2,1H3,(H,16,21)(H,19,20). The molecule has 2 amide bonds. The zero-order chi connectivity index (χ0) is 15.0. The van der Waals surface area contributed by atoms with Crippen LogP contribution in [0.5, 0.6) is 0 Å². The minimum absolute atomic E-state index is 0.0181. The quantitative estimate of drug-likeness (QED) is 0.793. The summed E-state index contributed by atoms with van der Waals surface area (Å²) in [5, 5.41) is 12.1. The Kier molecular flexibility index (Phi) is 3.82. The summed E-state index contributed by atoms with van der Waals surface area (Å²) in [6.45, 7) is 5.01. The summed E-state index contributed by atoms with van der Waals surface area (Å²) >= 11 is 0. The van der Waals surface area contributed by atoms with Gasteiger partial charge in [-0.05, 0) is 43.9 Å². The van der Waals surface area contributed by atoms with Gasteiger partial charge in [0.05, 0.1) is 0 Å². The fourth-order valence-electron chi connectivity index (χ4n) is 3.42. The second kappa shape index (κ2) is 5.48. The number of piperazine rings is 1. The number of carboxylic acid groups (broad SMARTS) is 1. The van der Waals surface area contributed by atoms with Crippen molar-refractivity contribution in [1.82, 2.24) is 15.1 Å². The second-order valence-corrected chi connectivity index (χ2v) is 6.83. The van der Waals surface area contributed by atoms with Gasteiger partial charge < -0.3 is 15.3 Å². The van der Waals surface area contributed by atoms with Gasteiger partial charge in [0.25, 0.3) is 0 Å². The number of nitrogens with zero attached hydrogens (tertiary/aromatic N) is 2. The van der Waals surface area contributed by atoms with E-state index in [1.807, 2.05) is 9.80 Å². The van der Waals surface area contributed by atoms with Gasteiger partial charge in [-0.2, -0.15) is 0 Å². The third-order valence-electron chi connectivity index (χ3n) is 5.43. The van der Waals surface area contributed by atoms with Gasteiger partial charge in [0.15, 0.2) is 0 Å². The van der Waals surface area contributed by atoms with E-state index in [9.17, 15) is 9.59 Å². The number of carbonyl (C=O) groups is 2. The highest BCUT2D eigenvalue weighted by atomic mass is 16.4. The summed E-state index contributed by atoms with van der Waals surface area (Å²) in [5.41, 5.74) is 0.426. The highest BCUT2D eigenvalue weighted by Crippen LogP contribution is 2.60. The molecule has 0 aromatic heterocycles. The average molecular weight is 295 g/mol. The van der Waals surface area contributed by atoms with Crippen LogP contribution in [0.3, 0.4) is 0 Å². The van der Waals surface area contributed by atoms with Gasteiger partial charge in [0.2, 0.25) is 0 Å².